The predicted octanol–water partition coefficient (Wildman–Crippen LogP) is 3.76. The molecule has 2 rings (SSSR count). The number of esters is 1. The fraction of sp³-hybridized carbons (Fsp3) is 0.409. The Bertz CT molecular complexity index is 800. The molecule has 9 nitrogen and oxygen atoms in total. The molecule has 0 heterocycles. The van der Waals surface area contributed by atoms with Gasteiger partial charge in [-0.25, -0.2) is 0 Å². The summed E-state index contributed by atoms with van der Waals surface area (Å²) in [4.78, 5) is 22.4. The number of nitrogen functional groups attached to an aromatic ring is 1. The van der Waals surface area contributed by atoms with Crippen molar-refractivity contribution in [2.24, 2.45) is 5.73 Å². The zero-order valence-corrected chi connectivity index (χ0v) is 18.9. The molecule has 0 aromatic heterocycles. The van der Waals surface area contributed by atoms with E-state index in [1.165, 1.54) is 20.2 Å². The minimum atomic E-state index is -0.463. The average molecular weight is 435 g/mol. The molecule has 1 atom stereocenters. The van der Waals surface area contributed by atoms with Crippen molar-refractivity contribution in [3.05, 3.63) is 58.1 Å². The second kappa shape index (κ2) is 15.5. The monoisotopic (exact) mass is 434 g/mol. The lowest BCUT2D eigenvalue weighted by Crippen LogP contribution is -2.14. The fourth-order valence-electron chi connectivity index (χ4n) is 2.40. The van der Waals surface area contributed by atoms with Crippen LogP contribution in [0, 0.1) is 10.1 Å². The Morgan fingerprint density at radius 1 is 1.23 bits per heavy atom. The molecule has 172 valence electrons. The van der Waals surface area contributed by atoms with Crippen LogP contribution in [0.1, 0.15) is 32.3 Å². The van der Waals surface area contributed by atoms with Gasteiger partial charge in [-0.2, -0.15) is 0 Å². The average Bonchev–Trinajstić information content (AvgIpc) is 2.79. The Kier molecular flexibility index (Phi) is 13.8. The quantitative estimate of drug-likeness (QED) is 0.247. The molecule has 2 aromatic rings. The maximum Gasteiger partial charge on any atom is 0.306 e. The molecule has 9 heteroatoms. The number of carbonyl (C=O) groups is 1. The van der Waals surface area contributed by atoms with Gasteiger partial charge in [-0.05, 0) is 45.0 Å². The van der Waals surface area contributed by atoms with Crippen molar-refractivity contribution < 1.29 is 19.2 Å². The molecule has 0 aliphatic carbocycles. The van der Waals surface area contributed by atoms with Crippen LogP contribution in [0.3, 0.4) is 0 Å². The van der Waals surface area contributed by atoms with E-state index in [1.54, 1.807) is 13.1 Å². The van der Waals surface area contributed by atoms with Crippen molar-refractivity contribution >= 4 is 23.0 Å². The molecular formula is C22H34N4O5. The molecule has 0 bridgehead atoms. The highest BCUT2D eigenvalue weighted by molar-refractivity contribution is 5.71. The highest BCUT2D eigenvalue weighted by Crippen LogP contribution is 2.33. The first-order valence-electron chi connectivity index (χ1n) is 9.93. The topological polar surface area (TPSA) is 143 Å². The lowest BCUT2D eigenvalue weighted by molar-refractivity contribution is -0.385. The molecule has 0 spiro atoms. The summed E-state index contributed by atoms with van der Waals surface area (Å²) in [6.07, 6.45) is 0.902. The standard InChI is InChI=1S/C15H22N2O5.C6H7N.CH5N/c1-5-10(2)22-15(18)7-6-11-8-14(21-4)12(16-3)9-13(11)17(19)20;7-6-4-2-1-3-5-6;1-2/h8-10,16H,5-7H2,1-4H3;1-5H,7H2;2H2,1H3. The Labute approximate surface area is 183 Å². The summed E-state index contributed by atoms with van der Waals surface area (Å²) in [5, 5.41) is 14.0. The van der Waals surface area contributed by atoms with Gasteiger partial charge in [-0.1, -0.05) is 25.1 Å². The number of nitro groups is 1. The van der Waals surface area contributed by atoms with Gasteiger partial charge in [-0.3, -0.25) is 14.9 Å². The molecular weight excluding hydrogens is 400 g/mol. The summed E-state index contributed by atoms with van der Waals surface area (Å²) >= 11 is 0. The van der Waals surface area contributed by atoms with Crippen LogP contribution in [0.5, 0.6) is 5.75 Å². The van der Waals surface area contributed by atoms with Crippen LogP contribution in [0.4, 0.5) is 17.1 Å². The Balaban J connectivity index is 0.000000831. The van der Waals surface area contributed by atoms with Crippen LogP contribution < -0.4 is 21.5 Å². The molecule has 0 radical (unpaired) electrons. The second-order valence-electron chi connectivity index (χ2n) is 6.31. The molecule has 0 amide bonds. The van der Waals surface area contributed by atoms with Gasteiger partial charge in [0.2, 0.25) is 0 Å². The summed E-state index contributed by atoms with van der Waals surface area (Å²) < 4.78 is 10.4. The maximum absolute atomic E-state index is 11.7. The summed E-state index contributed by atoms with van der Waals surface area (Å²) in [5.74, 6) is 0.138. The van der Waals surface area contributed by atoms with Gasteiger partial charge in [0.1, 0.15) is 5.75 Å². The lowest BCUT2D eigenvalue weighted by Gasteiger charge is -2.12. The van der Waals surface area contributed by atoms with Crippen LogP contribution in [0.25, 0.3) is 0 Å². The molecule has 5 N–H and O–H groups in total. The lowest BCUT2D eigenvalue weighted by atomic mass is 10.1. The number of benzene rings is 2. The first-order valence-corrected chi connectivity index (χ1v) is 9.93. The van der Waals surface area contributed by atoms with Crippen molar-refractivity contribution in [1.82, 2.24) is 0 Å². The number of nitrogens with zero attached hydrogens (tertiary/aromatic N) is 1. The van der Waals surface area contributed by atoms with E-state index >= 15 is 0 Å². The van der Waals surface area contributed by atoms with Crippen molar-refractivity contribution in [2.45, 2.75) is 39.2 Å². The van der Waals surface area contributed by atoms with Crippen LogP contribution in [0.15, 0.2) is 42.5 Å². The van der Waals surface area contributed by atoms with E-state index in [0.717, 1.165) is 12.1 Å². The Hall–Kier alpha value is -3.33. The minimum Gasteiger partial charge on any atom is -0.495 e. The van der Waals surface area contributed by atoms with Gasteiger partial charge in [0.05, 0.1) is 23.8 Å². The van der Waals surface area contributed by atoms with E-state index in [4.69, 9.17) is 15.2 Å². The number of rotatable bonds is 8. The first-order chi connectivity index (χ1) is 14.8. The van der Waals surface area contributed by atoms with E-state index in [0.29, 0.717) is 17.0 Å². The van der Waals surface area contributed by atoms with Crippen LogP contribution in [-0.2, 0) is 16.0 Å². The Morgan fingerprint density at radius 2 is 1.84 bits per heavy atom. The molecule has 0 saturated heterocycles. The molecule has 0 aliphatic rings. The maximum atomic E-state index is 11.7. The number of carbonyl (C=O) groups excluding carboxylic acids is 1. The number of aryl methyl sites for hydroxylation is 1. The number of ether oxygens (including phenoxy) is 2. The zero-order chi connectivity index (χ0) is 23.8. The number of para-hydroxylation sites is 1. The van der Waals surface area contributed by atoms with Crippen molar-refractivity contribution in [3.63, 3.8) is 0 Å². The number of hydrogen-bond acceptors (Lipinski definition) is 8. The van der Waals surface area contributed by atoms with Gasteiger partial charge in [0.15, 0.2) is 0 Å². The SMILES string of the molecule is CCC(C)OC(=O)CCc1cc(OC)c(NC)cc1[N+](=O)[O-].CN.Nc1ccccc1. The summed E-state index contributed by atoms with van der Waals surface area (Å²) in [6, 6.07) is 12.5. The summed E-state index contributed by atoms with van der Waals surface area (Å²) in [7, 11) is 4.65. The highest BCUT2D eigenvalue weighted by atomic mass is 16.6. The van der Waals surface area contributed by atoms with Gasteiger partial charge < -0.3 is 26.3 Å². The molecule has 2 aromatic carbocycles. The number of nitrogens with two attached hydrogens (primary N) is 2. The normalized spacial score (nSPS) is 10.4. The van der Waals surface area contributed by atoms with E-state index in [9.17, 15) is 14.9 Å². The smallest absolute Gasteiger partial charge is 0.306 e. The van der Waals surface area contributed by atoms with E-state index < -0.39 is 4.92 Å². The zero-order valence-electron chi connectivity index (χ0n) is 18.9. The Morgan fingerprint density at radius 3 is 2.26 bits per heavy atom. The molecule has 0 aliphatic heterocycles. The van der Waals surface area contributed by atoms with E-state index in [2.05, 4.69) is 11.1 Å². The second-order valence-corrected chi connectivity index (χ2v) is 6.31. The number of anilines is 2. The van der Waals surface area contributed by atoms with Gasteiger partial charge in [-0.15, -0.1) is 0 Å². The predicted molar refractivity (Wildman–Crippen MR) is 124 cm³/mol. The minimum absolute atomic E-state index is 0.0403. The van der Waals surface area contributed by atoms with Crippen molar-refractivity contribution in [2.75, 3.05) is 32.3 Å². The van der Waals surface area contributed by atoms with E-state index in [1.807, 2.05) is 44.2 Å². The summed E-state index contributed by atoms with van der Waals surface area (Å²) in [5.41, 5.74) is 11.6. The first kappa shape index (κ1) is 27.7. The largest absolute Gasteiger partial charge is 0.495 e. The van der Waals surface area contributed by atoms with Crippen molar-refractivity contribution in [1.29, 1.82) is 0 Å². The number of hydrogen-bond donors (Lipinski definition) is 3. The van der Waals surface area contributed by atoms with Crippen LogP contribution >= 0.6 is 0 Å². The fourth-order valence-corrected chi connectivity index (χ4v) is 2.40. The van der Waals surface area contributed by atoms with Gasteiger partial charge >= 0.3 is 5.97 Å². The molecule has 0 fully saturated rings. The third kappa shape index (κ3) is 10.3. The van der Waals surface area contributed by atoms with Gasteiger partial charge in [0.25, 0.3) is 5.69 Å². The van der Waals surface area contributed by atoms with Crippen LogP contribution in [-0.4, -0.2) is 38.2 Å². The molecule has 0 saturated carbocycles. The number of methoxy groups -OCH3 is 1. The third-order valence-electron chi connectivity index (χ3n) is 4.17. The molecule has 31 heavy (non-hydrogen) atoms. The molecule has 1 unspecified atom stereocenters. The van der Waals surface area contributed by atoms with E-state index in [-0.39, 0.29) is 30.6 Å². The summed E-state index contributed by atoms with van der Waals surface area (Å²) in [6.45, 7) is 3.73. The van der Waals surface area contributed by atoms with Crippen LogP contribution in [0.2, 0.25) is 0 Å². The highest BCUT2D eigenvalue weighted by Gasteiger charge is 2.19. The number of nitro benzene ring substituents is 1. The van der Waals surface area contributed by atoms with Gasteiger partial charge in [0, 0.05) is 30.8 Å². The van der Waals surface area contributed by atoms with Crippen molar-refractivity contribution in [3.8, 4) is 5.75 Å². The number of nitrogens with one attached hydrogen (secondary N) is 1. The third-order valence-corrected chi connectivity index (χ3v) is 4.17.